The van der Waals surface area contributed by atoms with Crippen molar-refractivity contribution in [2.75, 3.05) is 18.4 Å². The molecular weight excluding hydrogens is 422 g/mol. The molecular formula is C28H27N5O. The minimum absolute atomic E-state index is 0.466. The number of aromatic amines is 1. The number of anilines is 2. The number of nitrogens with zero attached hydrogens (tertiary/aromatic N) is 3. The highest BCUT2D eigenvalue weighted by molar-refractivity contribution is 5.91. The van der Waals surface area contributed by atoms with Crippen LogP contribution in [0.25, 0.3) is 33.2 Å². The first-order chi connectivity index (χ1) is 16.6. The van der Waals surface area contributed by atoms with Gasteiger partial charge in [-0.25, -0.2) is 0 Å². The number of hydrogen-bond donors (Lipinski definition) is 2. The lowest BCUT2D eigenvalue weighted by molar-refractivity contribution is 0.296. The standard InChI is InChI=1S/C28H27N5O/c1-4-33(5-2)17-19-6-7-26-21(11-19)13-27(34-26)23-16-30-15-22(14-29)28(23)32-24-12-20-8-9-31-25(20)10-18(24)3/h6-13,15-16,31H,4-5,17H2,1-3H3,(H,30,32). The molecule has 0 aliphatic heterocycles. The van der Waals surface area contributed by atoms with E-state index in [1.54, 1.807) is 12.4 Å². The smallest absolute Gasteiger partial charge is 0.139 e. The molecule has 0 radical (unpaired) electrons. The van der Waals surface area contributed by atoms with Crippen molar-refractivity contribution in [2.45, 2.75) is 27.3 Å². The summed E-state index contributed by atoms with van der Waals surface area (Å²) >= 11 is 0. The Balaban J connectivity index is 1.56. The van der Waals surface area contributed by atoms with Crippen LogP contribution in [0.15, 0.2) is 65.5 Å². The third-order valence-corrected chi connectivity index (χ3v) is 6.37. The highest BCUT2D eigenvalue weighted by Crippen LogP contribution is 2.37. The third kappa shape index (κ3) is 4.02. The van der Waals surface area contributed by atoms with E-state index in [0.717, 1.165) is 58.3 Å². The molecule has 0 saturated carbocycles. The molecule has 0 amide bonds. The largest absolute Gasteiger partial charge is 0.456 e. The van der Waals surface area contributed by atoms with Crippen molar-refractivity contribution in [3.05, 3.63) is 77.7 Å². The Morgan fingerprint density at radius 3 is 2.71 bits per heavy atom. The van der Waals surface area contributed by atoms with E-state index in [2.05, 4.69) is 64.4 Å². The first-order valence-electron chi connectivity index (χ1n) is 11.6. The Kier molecular flexibility index (Phi) is 5.79. The topological polar surface area (TPSA) is 80.9 Å². The van der Waals surface area contributed by atoms with Crippen LogP contribution in [0.4, 0.5) is 11.4 Å². The van der Waals surface area contributed by atoms with Crippen LogP contribution < -0.4 is 5.32 Å². The fraction of sp³-hybridized carbons (Fsp3) is 0.214. The minimum atomic E-state index is 0.466. The van der Waals surface area contributed by atoms with Crippen LogP contribution in [0.3, 0.4) is 0 Å². The number of hydrogen-bond acceptors (Lipinski definition) is 5. The molecule has 6 nitrogen and oxygen atoms in total. The maximum atomic E-state index is 9.81. The molecule has 34 heavy (non-hydrogen) atoms. The van der Waals surface area contributed by atoms with Crippen LogP contribution in [0.2, 0.25) is 0 Å². The monoisotopic (exact) mass is 449 g/mol. The number of pyridine rings is 1. The highest BCUT2D eigenvalue weighted by atomic mass is 16.3. The van der Waals surface area contributed by atoms with Gasteiger partial charge in [0.05, 0.1) is 16.8 Å². The molecule has 6 heteroatoms. The van der Waals surface area contributed by atoms with E-state index in [1.807, 2.05) is 31.3 Å². The predicted molar refractivity (Wildman–Crippen MR) is 137 cm³/mol. The van der Waals surface area contributed by atoms with Gasteiger partial charge in [0.15, 0.2) is 0 Å². The second-order valence-corrected chi connectivity index (χ2v) is 8.52. The van der Waals surface area contributed by atoms with Gasteiger partial charge in [-0.3, -0.25) is 9.88 Å². The second-order valence-electron chi connectivity index (χ2n) is 8.52. The van der Waals surface area contributed by atoms with Crippen molar-refractivity contribution in [3.63, 3.8) is 0 Å². The zero-order valence-electron chi connectivity index (χ0n) is 19.6. The molecule has 0 atom stereocenters. The number of rotatable bonds is 7. The first kappa shape index (κ1) is 21.7. The van der Waals surface area contributed by atoms with Gasteiger partial charge < -0.3 is 14.7 Å². The molecule has 2 aromatic carbocycles. The summed E-state index contributed by atoms with van der Waals surface area (Å²) < 4.78 is 6.22. The van der Waals surface area contributed by atoms with Gasteiger partial charge in [0, 0.05) is 47.1 Å². The van der Waals surface area contributed by atoms with Crippen molar-refractivity contribution in [1.29, 1.82) is 5.26 Å². The van der Waals surface area contributed by atoms with E-state index in [4.69, 9.17) is 4.42 Å². The molecule has 0 unspecified atom stereocenters. The SMILES string of the molecule is CCN(CC)Cc1ccc2oc(-c3cncc(C#N)c3Nc3cc4cc[nH]c4cc3C)cc2c1. The van der Waals surface area contributed by atoms with Crippen molar-refractivity contribution in [1.82, 2.24) is 14.9 Å². The molecule has 0 bridgehead atoms. The van der Waals surface area contributed by atoms with E-state index >= 15 is 0 Å². The molecule has 5 aromatic rings. The number of aryl methyl sites for hydroxylation is 1. The predicted octanol–water partition coefficient (Wildman–Crippen LogP) is 6.74. The van der Waals surface area contributed by atoms with Gasteiger partial charge >= 0.3 is 0 Å². The second kappa shape index (κ2) is 9.05. The summed E-state index contributed by atoms with van der Waals surface area (Å²) in [5.41, 5.74) is 7.08. The quantitative estimate of drug-likeness (QED) is 0.287. The number of nitrogens with one attached hydrogen (secondary N) is 2. The van der Waals surface area contributed by atoms with Gasteiger partial charge in [0.25, 0.3) is 0 Å². The zero-order valence-corrected chi connectivity index (χ0v) is 19.6. The normalized spacial score (nSPS) is 11.4. The first-order valence-corrected chi connectivity index (χ1v) is 11.6. The molecule has 0 saturated heterocycles. The lowest BCUT2D eigenvalue weighted by Gasteiger charge is -2.17. The van der Waals surface area contributed by atoms with E-state index in [1.165, 1.54) is 5.56 Å². The van der Waals surface area contributed by atoms with Gasteiger partial charge in [-0.15, -0.1) is 0 Å². The maximum Gasteiger partial charge on any atom is 0.139 e. The van der Waals surface area contributed by atoms with Crippen LogP contribution in [-0.2, 0) is 6.54 Å². The van der Waals surface area contributed by atoms with Gasteiger partial charge in [0.1, 0.15) is 17.4 Å². The number of aromatic nitrogens is 2. The Hall–Kier alpha value is -4.08. The third-order valence-electron chi connectivity index (χ3n) is 6.37. The fourth-order valence-corrected chi connectivity index (χ4v) is 4.37. The number of furan rings is 1. The fourth-order valence-electron chi connectivity index (χ4n) is 4.37. The van der Waals surface area contributed by atoms with Crippen molar-refractivity contribution >= 4 is 33.2 Å². The summed E-state index contributed by atoms with van der Waals surface area (Å²) in [5.74, 6) is 0.683. The summed E-state index contributed by atoms with van der Waals surface area (Å²) in [6.07, 6.45) is 5.26. The molecule has 0 aliphatic carbocycles. The lowest BCUT2D eigenvalue weighted by atomic mass is 10.1. The van der Waals surface area contributed by atoms with Gasteiger partial charge in [0.2, 0.25) is 0 Å². The zero-order chi connectivity index (χ0) is 23.7. The highest BCUT2D eigenvalue weighted by Gasteiger charge is 2.17. The number of fused-ring (bicyclic) bond motifs is 2. The van der Waals surface area contributed by atoms with E-state index in [-0.39, 0.29) is 0 Å². The number of H-pyrrole nitrogens is 1. The summed E-state index contributed by atoms with van der Waals surface area (Å²) in [5, 5.41) is 15.5. The van der Waals surface area contributed by atoms with Crippen LogP contribution in [0.5, 0.6) is 0 Å². The van der Waals surface area contributed by atoms with Crippen molar-refractivity contribution in [2.24, 2.45) is 0 Å². The molecule has 3 heterocycles. The van der Waals surface area contributed by atoms with Crippen LogP contribution in [-0.4, -0.2) is 28.0 Å². The van der Waals surface area contributed by atoms with Crippen LogP contribution in [0, 0.1) is 18.3 Å². The molecule has 170 valence electrons. The van der Waals surface area contributed by atoms with Gasteiger partial charge in [-0.1, -0.05) is 19.9 Å². The van der Waals surface area contributed by atoms with Gasteiger partial charge in [-0.05, 0) is 67.5 Å². The Labute approximate surface area is 198 Å². The molecule has 0 aliphatic rings. The maximum absolute atomic E-state index is 9.81. The molecule has 0 fully saturated rings. The van der Waals surface area contributed by atoms with E-state index < -0.39 is 0 Å². The Morgan fingerprint density at radius 2 is 1.91 bits per heavy atom. The van der Waals surface area contributed by atoms with Crippen molar-refractivity contribution in [3.8, 4) is 17.4 Å². The van der Waals surface area contributed by atoms with Gasteiger partial charge in [-0.2, -0.15) is 5.26 Å². The molecule has 5 rings (SSSR count). The molecule has 0 spiro atoms. The van der Waals surface area contributed by atoms with Crippen molar-refractivity contribution < 1.29 is 4.42 Å². The van der Waals surface area contributed by atoms with E-state index in [9.17, 15) is 5.26 Å². The van der Waals surface area contributed by atoms with Crippen LogP contribution in [0.1, 0.15) is 30.5 Å². The summed E-state index contributed by atoms with van der Waals surface area (Å²) in [4.78, 5) is 9.94. The number of nitriles is 1. The number of benzene rings is 2. The summed E-state index contributed by atoms with van der Waals surface area (Å²) in [6, 6.07) is 16.9. The average molecular weight is 450 g/mol. The summed E-state index contributed by atoms with van der Waals surface area (Å²) in [6.45, 7) is 9.34. The average Bonchev–Trinajstić information content (AvgIpc) is 3.48. The Morgan fingerprint density at radius 1 is 1.06 bits per heavy atom. The van der Waals surface area contributed by atoms with E-state index in [0.29, 0.717) is 17.0 Å². The lowest BCUT2D eigenvalue weighted by Crippen LogP contribution is -2.21. The minimum Gasteiger partial charge on any atom is -0.456 e. The molecule has 2 N–H and O–H groups in total. The molecule has 3 aromatic heterocycles. The Bertz CT molecular complexity index is 1520. The summed E-state index contributed by atoms with van der Waals surface area (Å²) in [7, 11) is 0. The van der Waals surface area contributed by atoms with Crippen LogP contribution >= 0.6 is 0 Å².